The number of carbonyl (C=O) groups excluding carboxylic acids is 3. The lowest BCUT2D eigenvalue weighted by atomic mass is 10.1. The van der Waals surface area contributed by atoms with Crippen molar-refractivity contribution in [3.05, 3.63) is 85.1 Å². The van der Waals surface area contributed by atoms with E-state index < -0.39 is 91.5 Å². The minimum absolute atomic E-state index is 0.106. The van der Waals surface area contributed by atoms with E-state index >= 15 is 0 Å². The van der Waals surface area contributed by atoms with E-state index in [-0.39, 0.29) is 19.3 Å². The predicted molar refractivity (Wildman–Crippen MR) is 325 cm³/mol. The zero-order valence-corrected chi connectivity index (χ0v) is 52.0. The molecule has 18 heteroatoms. The molecule has 0 spiro atoms. The first-order valence-electron chi connectivity index (χ1n) is 30.9. The van der Waals surface area contributed by atoms with Crippen molar-refractivity contribution in [2.24, 2.45) is 0 Å². The fourth-order valence-electron chi connectivity index (χ4n) is 7.85. The summed E-state index contributed by atoms with van der Waals surface area (Å²) in [7, 11) is -9.76. The smallest absolute Gasteiger partial charge is 0.463 e. The molecule has 0 amide bonds. The summed E-state index contributed by atoms with van der Waals surface area (Å²) in [5, 5.41) is 20.5. The second-order valence-electron chi connectivity index (χ2n) is 20.5. The van der Waals surface area contributed by atoms with Crippen molar-refractivity contribution in [3.8, 4) is 0 Å². The van der Waals surface area contributed by atoms with Gasteiger partial charge in [-0.25, -0.2) is 9.13 Å². The lowest BCUT2D eigenvalue weighted by Gasteiger charge is -2.21. The largest absolute Gasteiger partial charge is 0.472 e. The molecule has 0 fully saturated rings. The van der Waals surface area contributed by atoms with Crippen LogP contribution in [-0.2, 0) is 55.8 Å². The Morgan fingerprint density at radius 1 is 0.358 bits per heavy atom. The molecule has 5 unspecified atom stereocenters. The highest BCUT2D eigenvalue weighted by Gasteiger charge is 2.29. The Morgan fingerprint density at radius 2 is 0.667 bits per heavy atom. The zero-order valence-electron chi connectivity index (χ0n) is 50.2. The molecule has 16 nitrogen and oxygen atoms in total. The van der Waals surface area contributed by atoms with Gasteiger partial charge in [0.25, 0.3) is 0 Å². The van der Waals surface area contributed by atoms with Gasteiger partial charge in [0, 0.05) is 19.3 Å². The average Bonchev–Trinajstić information content (AvgIpc) is 3.45. The number of hydrogen-bond donors (Lipinski definition) is 4. The molecular weight excluding hydrogens is 1070 g/mol. The van der Waals surface area contributed by atoms with E-state index in [0.29, 0.717) is 19.3 Å². The van der Waals surface area contributed by atoms with Crippen LogP contribution in [0.4, 0.5) is 0 Å². The van der Waals surface area contributed by atoms with Crippen LogP contribution >= 0.6 is 15.6 Å². The molecular formula is C63H110O16P2. The van der Waals surface area contributed by atoms with Gasteiger partial charge in [0.2, 0.25) is 0 Å². The number of ether oxygens (including phenoxy) is 3. The highest BCUT2D eigenvalue weighted by Crippen LogP contribution is 2.45. The van der Waals surface area contributed by atoms with Crippen molar-refractivity contribution in [2.75, 3.05) is 39.6 Å². The molecule has 0 saturated carbocycles. The van der Waals surface area contributed by atoms with Gasteiger partial charge in [-0.1, -0.05) is 215 Å². The zero-order chi connectivity index (χ0) is 59.6. The average molecular weight is 1190 g/mol. The molecule has 0 aliphatic rings. The van der Waals surface area contributed by atoms with Gasteiger partial charge in [0.15, 0.2) is 6.10 Å². The first-order chi connectivity index (χ1) is 39.2. The molecule has 81 heavy (non-hydrogen) atoms. The van der Waals surface area contributed by atoms with E-state index in [9.17, 15) is 43.5 Å². The molecule has 468 valence electrons. The summed E-state index contributed by atoms with van der Waals surface area (Å²) in [4.78, 5) is 58.0. The Morgan fingerprint density at radius 3 is 1.09 bits per heavy atom. The Bertz CT molecular complexity index is 1830. The molecule has 0 aliphatic heterocycles. The van der Waals surface area contributed by atoms with Crippen molar-refractivity contribution in [3.63, 3.8) is 0 Å². The van der Waals surface area contributed by atoms with Crippen LogP contribution < -0.4 is 0 Å². The Labute approximate surface area is 489 Å². The van der Waals surface area contributed by atoms with E-state index in [1.54, 1.807) is 0 Å². The number of hydrogen-bond acceptors (Lipinski definition) is 14. The van der Waals surface area contributed by atoms with Crippen LogP contribution in [0.1, 0.15) is 239 Å². The third-order valence-electron chi connectivity index (χ3n) is 12.6. The summed E-state index contributed by atoms with van der Waals surface area (Å²) in [6.07, 6.45) is 58.1. The van der Waals surface area contributed by atoms with Gasteiger partial charge in [0.05, 0.1) is 26.4 Å². The molecule has 0 rings (SSSR count). The highest BCUT2D eigenvalue weighted by atomic mass is 31.2. The molecule has 0 aromatic carbocycles. The van der Waals surface area contributed by atoms with Gasteiger partial charge in [-0.15, -0.1) is 0 Å². The van der Waals surface area contributed by atoms with E-state index in [1.165, 1.54) is 51.4 Å². The molecule has 0 bridgehead atoms. The number of carbonyl (C=O) groups is 3. The molecule has 0 radical (unpaired) electrons. The normalized spacial score (nSPS) is 15.0. The molecule has 0 aromatic rings. The molecule has 0 aliphatic carbocycles. The number of aliphatic hydroxyl groups excluding tert-OH is 2. The van der Waals surface area contributed by atoms with E-state index in [1.807, 2.05) is 0 Å². The molecule has 5 atom stereocenters. The number of unbranched alkanes of at least 4 members (excludes halogenated alkanes) is 21. The summed E-state index contributed by atoms with van der Waals surface area (Å²) in [6, 6.07) is 0. The maximum atomic E-state index is 12.8. The van der Waals surface area contributed by atoms with Gasteiger partial charge in [-0.05, 0) is 89.9 Å². The van der Waals surface area contributed by atoms with Crippen molar-refractivity contribution in [1.82, 2.24) is 0 Å². The highest BCUT2D eigenvalue weighted by molar-refractivity contribution is 7.47. The number of aliphatic hydroxyl groups is 2. The fourth-order valence-corrected chi connectivity index (χ4v) is 9.43. The van der Waals surface area contributed by atoms with Crippen LogP contribution in [0.3, 0.4) is 0 Å². The molecule has 4 N–H and O–H groups in total. The Balaban J connectivity index is 4.54. The van der Waals surface area contributed by atoms with Gasteiger partial charge in [-0.2, -0.15) is 0 Å². The summed E-state index contributed by atoms with van der Waals surface area (Å²) in [6.45, 7) is 2.44. The Hall–Kier alpha value is -3.27. The van der Waals surface area contributed by atoms with Crippen molar-refractivity contribution >= 4 is 33.6 Å². The predicted octanol–water partition coefficient (Wildman–Crippen LogP) is 16.2. The van der Waals surface area contributed by atoms with Crippen LogP contribution in [0.2, 0.25) is 0 Å². The van der Waals surface area contributed by atoms with Crippen LogP contribution in [0.5, 0.6) is 0 Å². The van der Waals surface area contributed by atoms with Crippen molar-refractivity contribution in [1.29, 1.82) is 0 Å². The van der Waals surface area contributed by atoms with Crippen LogP contribution in [0, 0.1) is 0 Å². The van der Waals surface area contributed by atoms with Crippen LogP contribution in [0.25, 0.3) is 0 Å². The molecule has 0 aromatic heterocycles. The quantitative estimate of drug-likeness (QED) is 0.0146. The SMILES string of the molecule is CC/C=C\C/C=C\C/C=C\C/C=C\C/C=C\C/C=C\CCCCCCC(=O)OCC(O)COP(=O)(O)OCC(O)COP(=O)(O)OCC(COC(=O)CCCCCCC/C=C\CCCC)OC(=O)CCCCCCCCCCCCC. The summed E-state index contributed by atoms with van der Waals surface area (Å²) in [5.41, 5.74) is 0. The second kappa shape index (κ2) is 57.2. The maximum absolute atomic E-state index is 12.8. The van der Waals surface area contributed by atoms with Gasteiger partial charge in [0.1, 0.15) is 25.4 Å². The van der Waals surface area contributed by atoms with Crippen molar-refractivity contribution < 1.29 is 75.8 Å². The third kappa shape index (κ3) is 58.3. The second-order valence-corrected chi connectivity index (χ2v) is 23.4. The fraction of sp³-hybridized carbons (Fsp3) is 0.730. The minimum Gasteiger partial charge on any atom is -0.463 e. The summed E-state index contributed by atoms with van der Waals surface area (Å²) >= 11 is 0. The van der Waals surface area contributed by atoms with Gasteiger partial charge in [-0.3, -0.25) is 32.5 Å². The Kier molecular flexibility index (Phi) is 54.9. The number of phosphoric acid groups is 2. The molecule has 0 heterocycles. The maximum Gasteiger partial charge on any atom is 0.472 e. The van der Waals surface area contributed by atoms with Crippen LogP contribution in [0.15, 0.2) is 85.1 Å². The van der Waals surface area contributed by atoms with E-state index in [2.05, 4.69) is 106 Å². The van der Waals surface area contributed by atoms with E-state index in [0.717, 1.165) is 128 Å². The topological polar surface area (TPSA) is 231 Å². The van der Waals surface area contributed by atoms with Gasteiger partial charge < -0.3 is 34.2 Å². The number of phosphoric ester groups is 2. The van der Waals surface area contributed by atoms with Gasteiger partial charge >= 0.3 is 33.6 Å². The lowest BCUT2D eigenvalue weighted by molar-refractivity contribution is -0.161. The first kappa shape index (κ1) is 77.7. The first-order valence-corrected chi connectivity index (χ1v) is 33.9. The third-order valence-corrected chi connectivity index (χ3v) is 14.5. The minimum atomic E-state index is -4.91. The van der Waals surface area contributed by atoms with E-state index in [4.69, 9.17) is 32.3 Å². The number of allylic oxidation sites excluding steroid dienone is 14. The number of rotatable bonds is 58. The lowest BCUT2D eigenvalue weighted by Crippen LogP contribution is -2.30. The van der Waals surface area contributed by atoms with Crippen LogP contribution in [-0.4, -0.2) is 95.9 Å². The monoisotopic (exact) mass is 1180 g/mol. The summed E-state index contributed by atoms with van der Waals surface area (Å²) in [5.74, 6) is -1.61. The number of esters is 3. The van der Waals surface area contributed by atoms with Crippen molar-refractivity contribution in [2.45, 2.75) is 257 Å². The molecule has 0 saturated heterocycles. The standard InChI is InChI=1S/C63H110O16P2/c1-4-7-10-13-16-19-22-23-24-25-26-27-28-29-30-31-32-33-36-38-40-43-46-49-61(66)73-52-58(64)53-75-80(69,70)76-54-59(65)55-77-81(71,72)78-57-60(79-63(68)51-48-45-42-39-35-21-18-15-12-9-6-3)56-74-62(67)50-47-44-41-37-34-20-17-14-11-8-5-2/h7,10,14,16-17,19,23-24,26-27,29-30,32-33,58-60,64-65H,4-6,8-9,11-13,15,18,20-22,25,28,31,34-57H2,1-3H3,(H,69,70)(H,71,72)/b10-7-,17-14-,19-16-,24-23-,27-26-,30-29-,33-32-. The summed E-state index contributed by atoms with van der Waals surface area (Å²) < 4.78 is 60.5.